The molecule has 0 saturated carbocycles. The van der Waals surface area contributed by atoms with E-state index in [0.717, 1.165) is 6.07 Å². The fourth-order valence-electron chi connectivity index (χ4n) is 1.74. The maximum absolute atomic E-state index is 13.1. The third kappa shape index (κ3) is 3.38. The van der Waals surface area contributed by atoms with E-state index >= 15 is 0 Å². The van der Waals surface area contributed by atoms with Gasteiger partial charge in [-0.3, -0.25) is 0 Å². The van der Waals surface area contributed by atoms with Gasteiger partial charge in [0.25, 0.3) is 0 Å². The molecule has 0 atom stereocenters. The summed E-state index contributed by atoms with van der Waals surface area (Å²) in [6.45, 7) is 0.125. The molecule has 1 aromatic heterocycles. The molecule has 1 heterocycles. The normalized spacial score (nSPS) is 10.5. The lowest BCUT2D eigenvalue weighted by Gasteiger charge is -2.07. The largest absolute Gasteiger partial charge is 0.390 e. The molecule has 1 aromatic carbocycles. The van der Waals surface area contributed by atoms with Gasteiger partial charge in [0.15, 0.2) is 5.16 Å². The van der Waals surface area contributed by atoms with Gasteiger partial charge in [-0.25, -0.2) is 13.8 Å². The van der Waals surface area contributed by atoms with E-state index < -0.39 is 11.6 Å². The van der Waals surface area contributed by atoms with Crippen molar-refractivity contribution in [1.82, 2.24) is 9.55 Å². The number of nitrogens with zero attached hydrogens (tertiary/aromatic N) is 2. The first-order valence-corrected chi connectivity index (χ1v) is 6.79. The molecule has 2 aromatic rings. The summed E-state index contributed by atoms with van der Waals surface area (Å²) in [6, 6.07) is 3.38. The van der Waals surface area contributed by atoms with Gasteiger partial charge in [-0.05, 0) is 17.7 Å². The van der Waals surface area contributed by atoms with Crippen molar-refractivity contribution >= 4 is 11.8 Å². The van der Waals surface area contributed by atoms with Crippen LogP contribution in [0.2, 0.25) is 0 Å². The molecule has 0 amide bonds. The van der Waals surface area contributed by atoms with Gasteiger partial charge in [0.2, 0.25) is 0 Å². The zero-order valence-electron chi connectivity index (χ0n) is 10.5. The molecule has 0 bridgehead atoms. The van der Waals surface area contributed by atoms with Crippen molar-refractivity contribution in [1.29, 1.82) is 0 Å². The maximum atomic E-state index is 13.1. The number of halogens is 2. The van der Waals surface area contributed by atoms with Crippen LogP contribution in [0, 0.1) is 24.0 Å². The van der Waals surface area contributed by atoms with E-state index in [1.54, 1.807) is 4.57 Å². The Morgan fingerprint density at radius 1 is 1.30 bits per heavy atom. The van der Waals surface area contributed by atoms with E-state index in [-0.39, 0.29) is 13.2 Å². The van der Waals surface area contributed by atoms with E-state index in [1.165, 1.54) is 30.1 Å². The van der Waals surface area contributed by atoms with Gasteiger partial charge in [-0.2, -0.15) is 0 Å². The second-order valence-electron chi connectivity index (χ2n) is 4.05. The van der Waals surface area contributed by atoms with Crippen LogP contribution >= 0.6 is 11.8 Å². The zero-order valence-corrected chi connectivity index (χ0v) is 11.3. The molecule has 104 valence electrons. The fraction of sp³-hybridized carbons (Fsp3) is 0.214. The highest BCUT2D eigenvalue weighted by atomic mass is 32.2. The van der Waals surface area contributed by atoms with Crippen molar-refractivity contribution in [2.24, 2.45) is 0 Å². The monoisotopic (exact) mass is 294 g/mol. The van der Waals surface area contributed by atoms with Crippen LogP contribution in [0.3, 0.4) is 0 Å². The smallest absolute Gasteiger partial charge is 0.169 e. The number of hydrogen-bond acceptors (Lipinski definition) is 3. The summed E-state index contributed by atoms with van der Waals surface area (Å²) in [6.07, 6.45) is 6.80. The molecule has 0 radical (unpaired) electrons. The first-order valence-electron chi connectivity index (χ1n) is 5.80. The lowest BCUT2D eigenvalue weighted by molar-refractivity contribution is 0.270. The number of hydrogen-bond donors (Lipinski definition) is 1. The van der Waals surface area contributed by atoms with E-state index in [0.29, 0.717) is 22.2 Å². The van der Waals surface area contributed by atoms with E-state index in [9.17, 15) is 13.9 Å². The van der Waals surface area contributed by atoms with Crippen molar-refractivity contribution < 1.29 is 13.9 Å². The first kappa shape index (κ1) is 14.6. The molecule has 0 fully saturated rings. The van der Waals surface area contributed by atoms with Crippen LogP contribution in [0.4, 0.5) is 8.78 Å². The highest BCUT2D eigenvalue weighted by Gasteiger charge is 2.10. The molecule has 2 rings (SSSR count). The van der Waals surface area contributed by atoms with Crippen molar-refractivity contribution in [3.8, 4) is 12.3 Å². The number of imidazole rings is 1. The summed E-state index contributed by atoms with van der Waals surface area (Å²) in [7, 11) is 0. The highest BCUT2D eigenvalue weighted by molar-refractivity contribution is 7.98. The van der Waals surface area contributed by atoms with Crippen molar-refractivity contribution in [3.63, 3.8) is 0 Å². The van der Waals surface area contributed by atoms with Crippen LogP contribution in [-0.2, 0) is 18.9 Å². The van der Waals surface area contributed by atoms with Crippen LogP contribution in [0.1, 0.15) is 11.3 Å². The second kappa shape index (κ2) is 6.55. The molecule has 0 unspecified atom stereocenters. The Morgan fingerprint density at radius 3 is 2.60 bits per heavy atom. The fourth-order valence-corrected chi connectivity index (χ4v) is 2.66. The van der Waals surface area contributed by atoms with Gasteiger partial charge in [-0.15, -0.1) is 6.42 Å². The van der Waals surface area contributed by atoms with Gasteiger partial charge in [0, 0.05) is 11.8 Å². The predicted octanol–water partition coefficient (Wildman–Crippen LogP) is 2.58. The second-order valence-corrected chi connectivity index (χ2v) is 4.99. The maximum Gasteiger partial charge on any atom is 0.169 e. The Hall–Kier alpha value is -1.84. The Kier molecular flexibility index (Phi) is 4.77. The molecule has 3 nitrogen and oxygen atoms in total. The first-order chi connectivity index (χ1) is 9.63. The number of thioether (sulfide) groups is 1. The van der Waals surface area contributed by atoms with Crippen LogP contribution in [0.15, 0.2) is 29.6 Å². The van der Waals surface area contributed by atoms with Crippen LogP contribution < -0.4 is 0 Å². The summed E-state index contributed by atoms with van der Waals surface area (Å²) in [4.78, 5) is 4.15. The van der Waals surface area contributed by atoms with Crippen molar-refractivity contribution in [2.75, 3.05) is 0 Å². The van der Waals surface area contributed by atoms with Gasteiger partial charge < -0.3 is 9.67 Å². The number of benzene rings is 1. The van der Waals surface area contributed by atoms with Crippen LogP contribution in [-0.4, -0.2) is 14.7 Å². The van der Waals surface area contributed by atoms with E-state index in [1.807, 2.05) is 0 Å². The van der Waals surface area contributed by atoms with Crippen LogP contribution in [0.5, 0.6) is 0 Å². The molecule has 0 aliphatic carbocycles. The molecule has 0 aliphatic heterocycles. The topological polar surface area (TPSA) is 38.0 Å². The third-order valence-corrected chi connectivity index (χ3v) is 3.66. The average Bonchev–Trinajstić information content (AvgIpc) is 2.78. The van der Waals surface area contributed by atoms with Gasteiger partial charge in [-0.1, -0.05) is 17.7 Å². The minimum Gasteiger partial charge on any atom is -0.390 e. The van der Waals surface area contributed by atoms with Crippen molar-refractivity contribution in [2.45, 2.75) is 24.1 Å². The third-order valence-electron chi connectivity index (χ3n) is 2.60. The number of aromatic nitrogens is 2. The molecule has 0 saturated heterocycles. The lowest BCUT2D eigenvalue weighted by atomic mass is 10.2. The molecule has 6 heteroatoms. The van der Waals surface area contributed by atoms with Crippen LogP contribution in [0.25, 0.3) is 0 Å². The SMILES string of the molecule is C#CCn1c(CO)cnc1SCc1cc(F)cc(F)c1. The summed E-state index contributed by atoms with van der Waals surface area (Å²) in [5, 5.41) is 9.79. The minimum absolute atomic E-state index is 0.163. The summed E-state index contributed by atoms with van der Waals surface area (Å²) in [5.74, 6) is 1.63. The number of rotatable bonds is 5. The van der Waals surface area contributed by atoms with Crippen molar-refractivity contribution in [3.05, 3.63) is 47.3 Å². The Balaban J connectivity index is 2.14. The molecular formula is C14H12F2N2OS. The van der Waals surface area contributed by atoms with E-state index in [2.05, 4.69) is 10.9 Å². The van der Waals surface area contributed by atoms with Gasteiger partial charge in [0.1, 0.15) is 11.6 Å². The zero-order chi connectivity index (χ0) is 14.5. The average molecular weight is 294 g/mol. The summed E-state index contributed by atoms with van der Waals surface area (Å²) < 4.78 is 27.9. The lowest BCUT2D eigenvalue weighted by Crippen LogP contribution is -2.03. The number of terminal acetylenes is 1. The molecule has 20 heavy (non-hydrogen) atoms. The molecule has 0 spiro atoms. The molecule has 1 N–H and O–H groups in total. The molecular weight excluding hydrogens is 282 g/mol. The molecule has 0 aliphatic rings. The number of aliphatic hydroxyl groups is 1. The number of aliphatic hydroxyl groups excluding tert-OH is 1. The Morgan fingerprint density at radius 2 is 2.00 bits per heavy atom. The highest BCUT2D eigenvalue weighted by Crippen LogP contribution is 2.23. The summed E-state index contributed by atoms with van der Waals surface area (Å²) >= 11 is 1.31. The van der Waals surface area contributed by atoms with Gasteiger partial charge in [0.05, 0.1) is 25.0 Å². The van der Waals surface area contributed by atoms with E-state index in [4.69, 9.17) is 6.42 Å². The summed E-state index contributed by atoms with van der Waals surface area (Å²) in [5.41, 5.74) is 1.13. The Labute approximate surface area is 119 Å². The minimum atomic E-state index is -0.608. The quantitative estimate of drug-likeness (QED) is 0.680. The predicted molar refractivity (Wildman–Crippen MR) is 72.9 cm³/mol. The van der Waals surface area contributed by atoms with Gasteiger partial charge >= 0.3 is 0 Å². The standard InChI is InChI=1S/C14H12F2N2OS/c1-2-3-18-13(8-19)7-17-14(18)20-9-10-4-11(15)6-12(16)5-10/h1,4-7,19H,3,8-9H2. The Bertz CT molecular complexity index is 629.